The minimum atomic E-state index is -0.0869. The first-order valence-corrected chi connectivity index (χ1v) is 6.16. The van der Waals surface area contributed by atoms with Gasteiger partial charge in [0.2, 0.25) is 5.91 Å². The Bertz CT molecular complexity index is 460. The van der Waals surface area contributed by atoms with Crippen molar-refractivity contribution in [1.29, 1.82) is 0 Å². The molecule has 0 bridgehead atoms. The van der Waals surface area contributed by atoms with Crippen LogP contribution >= 0.6 is 12.6 Å². The minimum absolute atomic E-state index is 0.0726. The van der Waals surface area contributed by atoms with Crippen molar-refractivity contribution in [3.05, 3.63) is 29.3 Å². The van der Waals surface area contributed by atoms with Crippen LogP contribution in [0, 0.1) is 0 Å². The van der Waals surface area contributed by atoms with Gasteiger partial charge in [0.05, 0.1) is 0 Å². The number of hydrogen-bond donors (Lipinski definition) is 3. The maximum absolute atomic E-state index is 11.6. The molecule has 0 spiro atoms. The monoisotopic (exact) mass is 250 g/mol. The molecule has 2 rings (SSSR count). The second-order valence-electron chi connectivity index (χ2n) is 3.90. The van der Waals surface area contributed by atoms with Crippen molar-refractivity contribution in [2.75, 3.05) is 17.6 Å². The summed E-state index contributed by atoms with van der Waals surface area (Å²) in [5, 5.41) is 5.53. The standard InChI is InChI=1S/C12H14N2O2S/c15-11(4-6-17)14-9-2-1-8-3-5-13-12(16)10(8)7-9/h1-2,7,17H,3-6H2,(H,13,16)(H,14,15). The predicted molar refractivity (Wildman–Crippen MR) is 69.6 cm³/mol. The molecule has 4 nitrogen and oxygen atoms in total. The summed E-state index contributed by atoms with van der Waals surface area (Å²) in [7, 11) is 0. The van der Waals surface area contributed by atoms with Gasteiger partial charge < -0.3 is 10.6 Å². The molecule has 1 aliphatic heterocycles. The molecule has 0 saturated carbocycles. The Kier molecular flexibility index (Phi) is 3.68. The summed E-state index contributed by atoms with van der Waals surface area (Å²) in [4.78, 5) is 23.0. The van der Waals surface area contributed by atoms with Crippen LogP contribution in [0.1, 0.15) is 22.3 Å². The summed E-state index contributed by atoms with van der Waals surface area (Å²) in [6.07, 6.45) is 1.21. The molecule has 17 heavy (non-hydrogen) atoms. The van der Waals surface area contributed by atoms with Gasteiger partial charge in [0, 0.05) is 24.2 Å². The highest BCUT2D eigenvalue weighted by atomic mass is 32.1. The molecule has 2 amide bonds. The molecule has 0 fully saturated rings. The number of fused-ring (bicyclic) bond motifs is 1. The molecule has 0 radical (unpaired) electrons. The first-order valence-electron chi connectivity index (χ1n) is 5.52. The molecule has 2 N–H and O–H groups in total. The van der Waals surface area contributed by atoms with Crippen LogP contribution in [0.15, 0.2) is 18.2 Å². The summed E-state index contributed by atoms with van der Waals surface area (Å²) in [6.45, 7) is 0.678. The third-order valence-corrected chi connectivity index (χ3v) is 2.88. The van der Waals surface area contributed by atoms with Crippen molar-refractivity contribution in [2.45, 2.75) is 12.8 Å². The van der Waals surface area contributed by atoms with Crippen molar-refractivity contribution in [3.63, 3.8) is 0 Å². The van der Waals surface area contributed by atoms with E-state index in [-0.39, 0.29) is 11.8 Å². The van der Waals surface area contributed by atoms with Crippen molar-refractivity contribution in [1.82, 2.24) is 5.32 Å². The van der Waals surface area contributed by atoms with Gasteiger partial charge in [-0.2, -0.15) is 12.6 Å². The Labute approximate surface area is 105 Å². The molecular weight excluding hydrogens is 236 g/mol. The Balaban J connectivity index is 2.18. The summed E-state index contributed by atoms with van der Waals surface area (Å²) >= 11 is 3.99. The molecule has 0 aliphatic carbocycles. The van der Waals surface area contributed by atoms with E-state index in [4.69, 9.17) is 0 Å². The van der Waals surface area contributed by atoms with Crippen LogP contribution in [0.25, 0.3) is 0 Å². The molecule has 1 aromatic rings. The number of carbonyl (C=O) groups is 2. The third kappa shape index (κ3) is 2.79. The average Bonchev–Trinajstić information content (AvgIpc) is 2.30. The van der Waals surface area contributed by atoms with Gasteiger partial charge in [-0.1, -0.05) is 6.07 Å². The molecule has 0 unspecified atom stereocenters. The summed E-state index contributed by atoms with van der Waals surface area (Å²) in [6, 6.07) is 5.44. The van der Waals surface area contributed by atoms with E-state index in [2.05, 4.69) is 23.3 Å². The molecule has 1 aromatic carbocycles. The zero-order valence-electron chi connectivity index (χ0n) is 9.32. The highest BCUT2D eigenvalue weighted by Crippen LogP contribution is 2.19. The molecule has 1 aliphatic rings. The predicted octanol–water partition coefficient (Wildman–Crippen LogP) is 1.23. The van der Waals surface area contributed by atoms with Gasteiger partial charge >= 0.3 is 0 Å². The number of rotatable bonds is 3. The lowest BCUT2D eigenvalue weighted by Crippen LogP contribution is -2.31. The fourth-order valence-electron chi connectivity index (χ4n) is 1.81. The number of carbonyl (C=O) groups excluding carboxylic acids is 2. The normalized spacial score (nSPS) is 13.8. The average molecular weight is 250 g/mol. The van der Waals surface area contributed by atoms with Gasteiger partial charge in [0.25, 0.3) is 5.91 Å². The number of hydrogen-bond acceptors (Lipinski definition) is 3. The lowest BCUT2D eigenvalue weighted by atomic mass is 10.00. The molecule has 90 valence electrons. The Hall–Kier alpha value is -1.49. The molecule has 0 saturated heterocycles. The van der Waals surface area contributed by atoms with E-state index in [1.165, 1.54) is 0 Å². The topological polar surface area (TPSA) is 58.2 Å². The van der Waals surface area contributed by atoms with Crippen LogP contribution < -0.4 is 10.6 Å². The first kappa shape index (κ1) is 12.0. The van der Waals surface area contributed by atoms with Crippen LogP contribution in [-0.4, -0.2) is 24.1 Å². The van der Waals surface area contributed by atoms with E-state index >= 15 is 0 Å². The fraction of sp³-hybridized carbons (Fsp3) is 0.333. The maximum Gasteiger partial charge on any atom is 0.251 e. The van der Waals surface area contributed by atoms with E-state index in [1.807, 2.05) is 12.1 Å². The number of thiol groups is 1. The van der Waals surface area contributed by atoms with Gasteiger partial charge in [0.15, 0.2) is 0 Å². The number of benzene rings is 1. The van der Waals surface area contributed by atoms with Gasteiger partial charge in [-0.05, 0) is 29.9 Å². The van der Waals surface area contributed by atoms with Crippen LogP contribution in [-0.2, 0) is 11.2 Å². The Morgan fingerprint density at radius 3 is 3.06 bits per heavy atom. The van der Waals surface area contributed by atoms with Gasteiger partial charge in [-0.15, -0.1) is 0 Å². The minimum Gasteiger partial charge on any atom is -0.352 e. The number of nitrogens with one attached hydrogen (secondary N) is 2. The first-order chi connectivity index (χ1) is 8.20. The summed E-state index contributed by atoms with van der Waals surface area (Å²) < 4.78 is 0. The Morgan fingerprint density at radius 1 is 1.47 bits per heavy atom. The van der Waals surface area contributed by atoms with E-state index in [0.29, 0.717) is 30.0 Å². The van der Waals surface area contributed by atoms with E-state index in [1.54, 1.807) is 6.07 Å². The Morgan fingerprint density at radius 2 is 2.29 bits per heavy atom. The van der Waals surface area contributed by atoms with E-state index < -0.39 is 0 Å². The second-order valence-corrected chi connectivity index (χ2v) is 4.35. The van der Waals surface area contributed by atoms with Gasteiger partial charge in [-0.25, -0.2) is 0 Å². The summed E-state index contributed by atoms with van der Waals surface area (Å²) in [5.74, 6) is 0.352. The SMILES string of the molecule is O=C(CCS)Nc1ccc2c(c1)C(=O)NCC2. The maximum atomic E-state index is 11.6. The highest BCUT2D eigenvalue weighted by Gasteiger charge is 2.16. The zero-order valence-corrected chi connectivity index (χ0v) is 10.2. The van der Waals surface area contributed by atoms with E-state index in [0.717, 1.165) is 12.0 Å². The van der Waals surface area contributed by atoms with Crippen LogP contribution in [0.4, 0.5) is 5.69 Å². The van der Waals surface area contributed by atoms with Gasteiger partial charge in [-0.3, -0.25) is 9.59 Å². The lowest BCUT2D eigenvalue weighted by molar-refractivity contribution is -0.115. The van der Waals surface area contributed by atoms with E-state index in [9.17, 15) is 9.59 Å². The van der Waals surface area contributed by atoms with Crippen LogP contribution in [0.2, 0.25) is 0 Å². The zero-order chi connectivity index (χ0) is 12.3. The molecule has 0 atom stereocenters. The molecule has 0 aromatic heterocycles. The number of amides is 2. The molecule has 5 heteroatoms. The van der Waals surface area contributed by atoms with Crippen molar-refractivity contribution in [2.24, 2.45) is 0 Å². The van der Waals surface area contributed by atoms with Crippen molar-refractivity contribution >= 4 is 30.1 Å². The largest absolute Gasteiger partial charge is 0.352 e. The number of anilines is 1. The molecule has 1 heterocycles. The third-order valence-electron chi connectivity index (χ3n) is 2.66. The van der Waals surface area contributed by atoms with Gasteiger partial charge in [0.1, 0.15) is 0 Å². The second kappa shape index (κ2) is 5.23. The quantitative estimate of drug-likeness (QED) is 0.707. The fourth-order valence-corrected chi connectivity index (χ4v) is 2.02. The lowest BCUT2D eigenvalue weighted by Gasteiger charge is -2.17. The highest BCUT2D eigenvalue weighted by molar-refractivity contribution is 7.80. The summed E-state index contributed by atoms with van der Waals surface area (Å²) in [5.41, 5.74) is 2.34. The van der Waals surface area contributed by atoms with Crippen molar-refractivity contribution in [3.8, 4) is 0 Å². The van der Waals surface area contributed by atoms with Crippen LogP contribution in [0.3, 0.4) is 0 Å². The van der Waals surface area contributed by atoms with Crippen molar-refractivity contribution < 1.29 is 9.59 Å². The smallest absolute Gasteiger partial charge is 0.251 e. The molecular formula is C12H14N2O2S. The van der Waals surface area contributed by atoms with Crippen LogP contribution in [0.5, 0.6) is 0 Å².